The zero-order valence-corrected chi connectivity index (χ0v) is 15.2. The summed E-state index contributed by atoms with van der Waals surface area (Å²) >= 11 is 0. The van der Waals surface area contributed by atoms with Crippen molar-refractivity contribution in [1.82, 2.24) is 9.47 Å². The zero-order valence-electron chi connectivity index (χ0n) is 15.2. The lowest BCUT2D eigenvalue weighted by Gasteiger charge is -2.31. The number of benzene rings is 2. The predicted octanol–water partition coefficient (Wildman–Crippen LogP) is 5.21. The number of aryl methyl sites for hydroxylation is 1. The molecule has 0 saturated carbocycles. The summed E-state index contributed by atoms with van der Waals surface area (Å²) in [5, 5.41) is 9.52. The van der Waals surface area contributed by atoms with Crippen molar-refractivity contribution in [2.45, 2.75) is 31.7 Å². The maximum absolute atomic E-state index is 13.0. The van der Waals surface area contributed by atoms with Gasteiger partial charge in [-0.25, -0.2) is 0 Å². The van der Waals surface area contributed by atoms with Gasteiger partial charge in [0.25, 0.3) is 0 Å². The van der Waals surface area contributed by atoms with Crippen molar-refractivity contribution in [2.75, 3.05) is 6.54 Å². The number of phenolic OH excluding ortho intramolecular Hbond substituents is 1. The molecule has 4 rings (SSSR count). The van der Waals surface area contributed by atoms with Crippen LogP contribution in [0.15, 0.2) is 66.9 Å². The van der Waals surface area contributed by atoms with Gasteiger partial charge in [-0.1, -0.05) is 24.3 Å². The Bertz CT molecular complexity index is 930. The number of alkyl halides is 3. The number of aromatic hydroxyl groups is 1. The maximum atomic E-state index is 13.0. The molecule has 3 nitrogen and oxygen atoms in total. The highest BCUT2D eigenvalue weighted by Crippen LogP contribution is 2.35. The van der Waals surface area contributed by atoms with Crippen LogP contribution >= 0.6 is 0 Å². The third-order valence-corrected chi connectivity index (χ3v) is 5.23. The lowest BCUT2D eigenvalue weighted by atomic mass is 9.99. The van der Waals surface area contributed by atoms with Gasteiger partial charge in [-0.3, -0.25) is 4.90 Å². The molecule has 1 aliphatic heterocycles. The molecule has 1 atom stereocenters. The first-order chi connectivity index (χ1) is 13.4. The van der Waals surface area contributed by atoms with Crippen LogP contribution in [-0.2, 0) is 19.3 Å². The van der Waals surface area contributed by atoms with Crippen LogP contribution in [0.3, 0.4) is 0 Å². The SMILES string of the molecule is Oc1ccc(CN2CCCn3cccc3C2c2ccc(C(F)(F)F)cc2)cc1. The quantitative estimate of drug-likeness (QED) is 0.670. The molecule has 0 radical (unpaired) electrons. The average Bonchev–Trinajstić information content (AvgIpc) is 3.05. The molecular weight excluding hydrogens is 365 g/mol. The van der Waals surface area contributed by atoms with E-state index in [-0.39, 0.29) is 11.8 Å². The zero-order chi connectivity index (χ0) is 19.7. The van der Waals surface area contributed by atoms with Crippen LogP contribution in [0.5, 0.6) is 5.75 Å². The Labute approximate surface area is 161 Å². The monoisotopic (exact) mass is 386 g/mol. The number of rotatable bonds is 3. The van der Waals surface area contributed by atoms with Gasteiger partial charge in [0.1, 0.15) is 5.75 Å². The van der Waals surface area contributed by atoms with Crippen LogP contribution in [0.2, 0.25) is 0 Å². The van der Waals surface area contributed by atoms with Gasteiger partial charge < -0.3 is 9.67 Å². The average molecular weight is 386 g/mol. The Kier molecular flexibility index (Phi) is 4.89. The number of nitrogens with zero attached hydrogens (tertiary/aromatic N) is 2. The van der Waals surface area contributed by atoms with Crippen LogP contribution in [0.25, 0.3) is 0 Å². The van der Waals surface area contributed by atoms with Gasteiger partial charge in [0.05, 0.1) is 11.6 Å². The van der Waals surface area contributed by atoms with E-state index < -0.39 is 11.7 Å². The van der Waals surface area contributed by atoms with Gasteiger partial charge >= 0.3 is 6.18 Å². The molecule has 2 aromatic carbocycles. The second-order valence-electron chi connectivity index (χ2n) is 7.14. The van der Waals surface area contributed by atoms with Crippen molar-refractivity contribution < 1.29 is 18.3 Å². The van der Waals surface area contributed by atoms with Crippen molar-refractivity contribution >= 4 is 0 Å². The molecular formula is C22H21F3N2O. The van der Waals surface area contributed by atoms with E-state index in [0.29, 0.717) is 6.54 Å². The van der Waals surface area contributed by atoms with E-state index in [2.05, 4.69) is 9.47 Å². The van der Waals surface area contributed by atoms with Crippen molar-refractivity contribution in [3.63, 3.8) is 0 Å². The van der Waals surface area contributed by atoms with Crippen molar-refractivity contribution in [1.29, 1.82) is 0 Å². The number of aromatic nitrogens is 1. The normalized spacial score (nSPS) is 17.9. The lowest BCUT2D eigenvalue weighted by Crippen LogP contribution is -2.29. The summed E-state index contributed by atoms with van der Waals surface area (Å²) in [5.74, 6) is 0.216. The van der Waals surface area contributed by atoms with E-state index in [0.717, 1.165) is 48.5 Å². The molecule has 2 heterocycles. The molecule has 146 valence electrons. The molecule has 0 fully saturated rings. The van der Waals surface area contributed by atoms with E-state index in [9.17, 15) is 18.3 Å². The van der Waals surface area contributed by atoms with Gasteiger partial charge in [-0.15, -0.1) is 0 Å². The first kappa shape index (κ1) is 18.6. The number of fused-ring (bicyclic) bond motifs is 1. The Balaban J connectivity index is 1.71. The molecule has 28 heavy (non-hydrogen) atoms. The van der Waals surface area contributed by atoms with E-state index in [1.807, 2.05) is 30.5 Å². The molecule has 1 aromatic heterocycles. The molecule has 0 aliphatic carbocycles. The smallest absolute Gasteiger partial charge is 0.416 e. The Morgan fingerprint density at radius 2 is 1.64 bits per heavy atom. The fourth-order valence-electron chi connectivity index (χ4n) is 3.88. The second kappa shape index (κ2) is 7.36. The number of hydrogen-bond donors (Lipinski definition) is 1. The number of phenols is 1. The van der Waals surface area contributed by atoms with Crippen LogP contribution in [0.4, 0.5) is 13.2 Å². The highest BCUT2D eigenvalue weighted by molar-refractivity contribution is 5.34. The Morgan fingerprint density at radius 3 is 2.32 bits per heavy atom. The molecule has 0 saturated heterocycles. The van der Waals surface area contributed by atoms with Crippen LogP contribution in [0, 0.1) is 0 Å². The minimum Gasteiger partial charge on any atom is -0.508 e. The first-order valence-electron chi connectivity index (χ1n) is 9.26. The molecule has 3 aromatic rings. The van der Waals surface area contributed by atoms with Gasteiger partial charge in [-0.05, 0) is 53.9 Å². The molecule has 0 spiro atoms. The Morgan fingerprint density at radius 1 is 0.929 bits per heavy atom. The summed E-state index contributed by atoms with van der Waals surface area (Å²) in [6.07, 6.45) is -1.36. The number of hydrogen-bond acceptors (Lipinski definition) is 2. The van der Waals surface area contributed by atoms with Crippen LogP contribution < -0.4 is 0 Å². The summed E-state index contributed by atoms with van der Waals surface area (Å²) in [5.41, 5.74) is 2.34. The molecule has 1 N–H and O–H groups in total. The van der Waals surface area contributed by atoms with Gasteiger partial charge in [0.15, 0.2) is 0 Å². The standard InChI is InChI=1S/C22H21F3N2O/c23-22(24,25)18-8-6-17(7-9-18)21-20-3-1-12-26(20)13-2-14-27(21)15-16-4-10-19(28)11-5-16/h1,3-12,21,28H,2,13-15H2. The summed E-state index contributed by atoms with van der Waals surface area (Å²) in [6.45, 7) is 2.36. The van der Waals surface area contributed by atoms with Crippen molar-refractivity contribution in [3.05, 3.63) is 89.2 Å². The highest BCUT2D eigenvalue weighted by Gasteiger charge is 2.32. The summed E-state index contributed by atoms with van der Waals surface area (Å²) in [4.78, 5) is 2.29. The van der Waals surface area contributed by atoms with Gasteiger partial charge in [-0.2, -0.15) is 13.2 Å². The molecule has 1 aliphatic rings. The Hall–Kier alpha value is -2.73. The van der Waals surface area contributed by atoms with E-state index in [1.165, 1.54) is 0 Å². The summed E-state index contributed by atoms with van der Waals surface area (Å²) in [7, 11) is 0. The minimum absolute atomic E-state index is 0.131. The molecule has 6 heteroatoms. The highest BCUT2D eigenvalue weighted by atomic mass is 19.4. The lowest BCUT2D eigenvalue weighted by molar-refractivity contribution is -0.137. The molecule has 1 unspecified atom stereocenters. The fraction of sp³-hybridized carbons (Fsp3) is 0.273. The topological polar surface area (TPSA) is 28.4 Å². The molecule has 0 amide bonds. The molecule has 0 bridgehead atoms. The fourth-order valence-corrected chi connectivity index (χ4v) is 3.88. The second-order valence-corrected chi connectivity index (χ2v) is 7.14. The summed E-state index contributed by atoms with van der Waals surface area (Å²) < 4.78 is 41.1. The van der Waals surface area contributed by atoms with E-state index >= 15 is 0 Å². The largest absolute Gasteiger partial charge is 0.508 e. The first-order valence-corrected chi connectivity index (χ1v) is 9.26. The van der Waals surface area contributed by atoms with Gasteiger partial charge in [0, 0.05) is 31.5 Å². The van der Waals surface area contributed by atoms with Crippen molar-refractivity contribution in [3.8, 4) is 5.75 Å². The summed E-state index contributed by atoms with van der Waals surface area (Å²) in [6, 6.07) is 16.4. The van der Waals surface area contributed by atoms with E-state index in [4.69, 9.17) is 0 Å². The predicted molar refractivity (Wildman–Crippen MR) is 101 cm³/mol. The van der Waals surface area contributed by atoms with Gasteiger partial charge in [0.2, 0.25) is 0 Å². The third-order valence-electron chi connectivity index (χ3n) is 5.23. The third kappa shape index (κ3) is 3.78. The maximum Gasteiger partial charge on any atom is 0.416 e. The van der Waals surface area contributed by atoms with Crippen LogP contribution in [0.1, 0.15) is 34.8 Å². The minimum atomic E-state index is -4.34. The van der Waals surface area contributed by atoms with Crippen LogP contribution in [-0.4, -0.2) is 21.1 Å². The number of halogens is 3. The van der Waals surface area contributed by atoms with Crippen molar-refractivity contribution in [2.24, 2.45) is 0 Å². The van der Waals surface area contributed by atoms with E-state index in [1.54, 1.807) is 24.3 Å².